The van der Waals surface area contributed by atoms with Gasteiger partial charge in [-0.1, -0.05) is 25.1 Å². The summed E-state index contributed by atoms with van der Waals surface area (Å²) >= 11 is 0. The Kier molecular flexibility index (Phi) is 5.39. The summed E-state index contributed by atoms with van der Waals surface area (Å²) in [7, 11) is 1.92. The maximum absolute atomic E-state index is 11.1. The smallest absolute Gasteiger partial charge is 0.335 e. The van der Waals surface area contributed by atoms with Gasteiger partial charge in [0, 0.05) is 13.1 Å². The van der Waals surface area contributed by atoms with Gasteiger partial charge in [-0.25, -0.2) is 9.78 Å². The summed E-state index contributed by atoms with van der Waals surface area (Å²) in [5.74, 6) is 1.77. The van der Waals surface area contributed by atoms with Gasteiger partial charge in [0.1, 0.15) is 29.7 Å². The summed E-state index contributed by atoms with van der Waals surface area (Å²) in [6.07, 6.45) is 0.955. The highest BCUT2D eigenvalue weighted by molar-refractivity contribution is 5.88. The van der Waals surface area contributed by atoms with Crippen LogP contribution >= 0.6 is 0 Å². The molecule has 152 valence electrons. The Bertz CT molecular complexity index is 1210. The minimum Gasteiger partial charge on any atom is -0.486 e. The van der Waals surface area contributed by atoms with E-state index in [1.54, 1.807) is 12.1 Å². The van der Waals surface area contributed by atoms with Crippen LogP contribution in [-0.4, -0.2) is 20.6 Å². The molecule has 30 heavy (non-hydrogen) atoms. The molecule has 1 aromatic heterocycles. The van der Waals surface area contributed by atoms with Gasteiger partial charge in [-0.3, -0.25) is 0 Å². The second kappa shape index (κ2) is 8.29. The van der Waals surface area contributed by atoms with Crippen LogP contribution in [-0.2, 0) is 20.1 Å². The van der Waals surface area contributed by atoms with Crippen molar-refractivity contribution >= 4 is 17.0 Å². The highest BCUT2D eigenvalue weighted by Gasteiger charge is 2.11. The van der Waals surface area contributed by atoms with Crippen LogP contribution in [0.25, 0.3) is 11.0 Å². The van der Waals surface area contributed by atoms with Crippen molar-refractivity contribution < 1.29 is 19.4 Å². The Hall–Kier alpha value is -3.80. The lowest BCUT2D eigenvalue weighted by Gasteiger charge is -2.08. The zero-order valence-electron chi connectivity index (χ0n) is 16.8. The number of ether oxygens (including phenoxy) is 2. The van der Waals surface area contributed by atoms with Gasteiger partial charge in [-0.05, 0) is 54.4 Å². The molecule has 0 spiro atoms. The van der Waals surface area contributed by atoms with Crippen molar-refractivity contribution in [3.05, 3.63) is 83.7 Å². The molecule has 1 N–H and O–H groups in total. The topological polar surface area (TPSA) is 73.6 Å². The van der Waals surface area contributed by atoms with E-state index in [1.807, 2.05) is 48.0 Å². The Morgan fingerprint density at radius 2 is 1.77 bits per heavy atom. The third-order valence-electron chi connectivity index (χ3n) is 4.94. The Morgan fingerprint density at radius 1 is 1.00 bits per heavy atom. The van der Waals surface area contributed by atoms with Crippen molar-refractivity contribution in [2.75, 3.05) is 0 Å². The molecule has 0 saturated carbocycles. The monoisotopic (exact) mass is 402 g/mol. The summed E-state index contributed by atoms with van der Waals surface area (Å²) in [4.78, 5) is 15.7. The molecule has 0 saturated heterocycles. The maximum Gasteiger partial charge on any atom is 0.335 e. The van der Waals surface area contributed by atoms with Crippen molar-refractivity contribution in [3.8, 4) is 17.2 Å². The van der Waals surface area contributed by atoms with Crippen LogP contribution in [0.15, 0.2) is 66.7 Å². The number of fused-ring (bicyclic) bond motifs is 1. The lowest BCUT2D eigenvalue weighted by Crippen LogP contribution is -2.04. The molecule has 6 nitrogen and oxygen atoms in total. The number of benzene rings is 3. The first-order valence-electron chi connectivity index (χ1n) is 9.72. The second-order valence-corrected chi connectivity index (χ2v) is 6.96. The molecule has 0 aliphatic rings. The fraction of sp³-hybridized carbons (Fsp3) is 0.167. The summed E-state index contributed by atoms with van der Waals surface area (Å²) in [5.41, 5.74) is 3.18. The first-order chi connectivity index (χ1) is 14.5. The minimum atomic E-state index is -0.986. The van der Waals surface area contributed by atoms with Crippen LogP contribution in [0.3, 0.4) is 0 Å². The van der Waals surface area contributed by atoms with E-state index in [2.05, 4.69) is 18.0 Å². The van der Waals surface area contributed by atoms with Gasteiger partial charge < -0.3 is 19.1 Å². The zero-order valence-corrected chi connectivity index (χ0v) is 16.8. The number of imidazole rings is 1. The fourth-order valence-corrected chi connectivity index (χ4v) is 3.24. The number of aromatic nitrogens is 2. The van der Waals surface area contributed by atoms with E-state index < -0.39 is 5.97 Å². The lowest BCUT2D eigenvalue weighted by molar-refractivity contribution is 0.0696. The normalized spacial score (nSPS) is 10.9. The van der Waals surface area contributed by atoms with Crippen molar-refractivity contribution in [1.29, 1.82) is 0 Å². The molecular weight excluding hydrogens is 380 g/mol. The SMILES string of the molecule is CCc1cccc(Oc2ccc3nc(COc4cccc(C(=O)O)c4)n(C)c3c2)c1. The standard InChI is InChI=1S/C24H22N2O4/c1-3-16-6-4-9-19(12-16)30-20-10-11-21-22(14-20)26(2)23(25-21)15-29-18-8-5-7-17(13-18)24(27)28/h4-14H,3,15H2,1-2H3,(H,27,28). The van der Waals surface area contributed by atoms with Crippen LogP contribution in [0, 0.1) is 0 Å². The molecule has 0 fully saturated rings. The lowest BCUT2D eigenvalue weighted by atomic mass is 10.2. The van der Waals surface area contributed by atoms with Crippen LogP contribution in [0.4, 0.5) is 0 Å². The van der Waals surface area contributed by atoms with Gasteiger partial charge in [0.05, 0.1) is 16.6 Å². The molecule has 0 aliphatic carbocycles. The van der Waals surface area contributed by atoms with Crippen LogP contribution in [0.1, 0.15) is 28.7 Å². The highest BCUT2D eigenvalue weighted by Crippen LogP contribution is 2.27. The van der Waals surface area contributed by atoms with Gasteiger partial charge >= 0.3 is 5.97 Å². The Balaban J connectivity index is 1.53. The molecule has 6 heteroatoms. The summed E-state index contributed by atoms with van der Waals surface area (Å²) in [5, 5.41) is 9.11. The summed E-state index contributed by atoms with van der Waals surface area (Å²) < 4.78 is 13.7. The first-order valence-corrected chi connectivity index (χ1v) is 9.72. The van der Waals surface area contributed by atoms with Crippen LogP contribution in [0.2, 0.25) is 0 Å². The molecule has 3 aromatic carbocycles. The molecule has 0 aliphatic heterocycles. The molecule has 0 bridgehead atoms. The quantitative estimate of drug-likeness (QED) is 0.460. The molecular formula is C24H22N2O4. The number of hydrogen-bond donors (Lipinski definition) is 1. The molecule has 0 atom stereocenters. The van der Waals surface area contributed by atoms with Gasteiger partial charge in [-0.15, -0.1) is 0 Å². The van der Waals surface area contributed by atoms with Crippen molar-refractivity contribution in [3.63, 3.8) is 0 Å². The molecule has 0 amide bonds. The summed E-state index contributed by atoms with van der Waals surface area (Å²) in [6.45, 7) is 2.34. The van der Waals surface area contributed by atoms with E-state index in [0.717, 1.165) is 34.8 Å². The Morgan fingerprint density at radius 3 is 2.57 bits per heavy atom. The van der Waals surface area contributed by atoms with E-state index in [1.165, 1.54) is 17.7 Å². The van der Waals surface area contributed by atoms with Crippen molar-refractivity contribution in [2.24, 2.45) is 7.05 Å². The molecule has 4 rings (SSSR count). The second-order valence-electron chi connectivity index (χ2n) is 6.96. The highest BCUT2D eigenvalue weighted by atomic mass is 16.5. The molecule has 0 radical (unpaired) electrons. The van der Waals surface area contributed by atoms with Crippen molar-refractivity contribution in [2.45, 2.75) is 20.0 Å². The summed E-state index contributed by atoms with van der Waals surface area (Å²) in [6, 6.07) is 20.2. The average Bonchev–Trinajstić information content (AvgIpc) is 3.08. The molecule has 4 aromatic rings. The predicted octanol–water partition coefficient (Wildman–Crippen LogP) is 5.21. The van der Waals surface area contributed by atoms with Gasteiger partial charge in [0.2, 0.25) is 0 Å². The van der Waals surface area contributed by atoms with Gasteiger partial charge in [-0.2, -0.15) is 0 Å². The van der Waals surface area contributed by atoms with Crippen LogP contribution in [0.5, 0.6) is 17.2 Å². The van der Waals surface area contributed by atoms with E-state index in [9.17, 15) is 4.79 Å². The van der Waals surface area contributed by atoms with E-state index in [0.29, 0.717) is 5.75 Å². The molecule has 0 unspecified atom stereocenters. The van der Waals surface area contributed by atoms with Crippen molar-refractivity contribution in [1.82, 2.24) is 9.55 Å². The largest absolute Gasteiger partial charge is 0.486 e. The van der Waals surface area contributed by atoms with E-state index >= 15 is 0 Å². The number of carbonyl (C=O) groups is 1. The predicted molar refractivity (Wildman–Crippen MR) is 114 cm³/mol. The number of hydrogen-bond acceptors (Lipinski definition) is 4. The maximum atomic E-state index is 11.1. The third kappa shape index (κ3) is 4.12. The number of nitrogens with zero attached hydrogens (tertiary/aromatic N) is 2. The average molecular weight is 402 g/mol. The van der Waals surface area contributed by atoms with E-state index in [-0.39, 0.29) is 12.2 Å². The number of rotatable bonds is 7. The minimum absolute atomic E-state index is 0.187. The van der Waals surface area contributed by atoms with Gasteiger partial charge in [0.15, 0.2) is 0 Å². The third-order valence-corrected chi connectivity index (χ3v) is 4.94. The Labute approximate surface area is 174 Å². The number of aryl methyl sites for hydroxylation is 2. The first kappa shape index (κ1) is 19.5. The number of carboxylic acid groups (broad SMARTS) is 1. The molecule has 1 heterocycles. The zero-order chi connectivity index (χ0) is 21.1. The van der Waals surface area contributed by atoms with E-state index in [4.69, 9.17) is 14.6 Å². The fourth-order valence-electron chi connectivity index (χ4n) is 3.24. The number of aromatic carboxylic acids is 1. The number of carboxylic acids is 1. The van der Waals surface area contributed by atoms with Gasteiger partial charge in [0.25, 0.3) is 0 Å². The van der Waals surface area contributed by atoms with Crippen LogP contribution < -0.4 is 9.47 Å².